The van der Waals surface area contributed by atoms with Crippen molar-refractivity contribution in [1.29, 1.82) is 0 Å². The second kappa shape index (κ2) is 13.4. The number of carbonyl (C=O) groups excluding carboxylic acids is 1. The van der Waals surface area contributed by atoms with Crippen molar-refractivity contribution in [2.45, 2.75) is 38.8 Å². The van der Waals surface area contributed by atoms with Crippen molar-refractivity contribution in [2.75, 3.05) is 45.9 Å². The molecule has 10 heteroatoms. The zero-order valence-corrected chi connectivity index (χ0v) is 16.9. The number of rotatable bonds is 10. The minimum absolute atomic E-state index is 0. The van der Waals surface area contributed by atoms with Gasteiger partial charge >= 0.3 is 6.18 Å². The van der Waals surface area contributed by atoms with Crippen LogP contribution in [0.3, 0.4) is 0 Å². The zero-order chi connectivity index (χ0) is 17.8. The monoisotopic (exact) mass is 480 g/mol. The molecule has 0 aromatic carbocycles. The number of likely N-dealkylation sites (tertiary alicyclic amines) is 1. The molecular weight excluding hydrogens is 452 g/mol. The van der Waals surface area contributed by atoms with Gasteiger partial charge in [-0.2, -0.15) is 13.2 Å². The average Bonchev–Trinajstić information content (AvgIpc) is 2.91. The lowest BCUT2D eigenvalue weighted by atomic mass is 10.4. The maximum Gasteiger partial charge on any atom is 0.411 e. The fraction of sp³-hybridized carbons (Fsp3) is 0.867. The topological polar surface area (TPSA) is 66.0 Å². The molecule has 0 aromatic heterocycles. The number of amides is 1. The summed E-state index contributed by atoms with van der Waals surface area (Å²) in [7, 11) is 0. The Morgan fingerprint density at radius 1 is 1.32 bits per heavy atom. The van der Waals surface area contributed by atoms with Crippen molar-refractivity contribution in [2.24, 2.45) is 4.99 Å². The summed E-state index contributed by atoms with van der Waals surface area (Å²) in [5.41, 5.74) is 0. The van der Waals surface area contributed by atoms with Crippen LogP contribution in [0.15, 0.2) is 4.99 Å². The molecule has 0 bridgehead atoms. The van der Waals surface area contributed by atoms with Crippen molar-refractivity contribution < 1.29 is 22.7 Å². The second-order valence-corrected chi connectivity index (χ2v) is 5.55. The van der Waals surface area contributed by atoms with Gasteiger partial charge in [-0.1, -0.05) is 0 Å². The summed E-state index contributed by atoms with van der Waals surface area (Å²) in [6.45, 7) is 4.08. The van der Waals surface area contributed by atoms with Crippen molar-refractivity contribution in [3.05, 3.63) is 0 Å². The van der Waals surface area contributed by atoms with Gasteiger partial charge in [0.05, 0.1) is 0 Å². The van der Waals surface area contributed by atoms with Crippen molar-refractivity contribution in [3.63, 3.8) is 0 Å². The van der Waals surface area contributed by atoms with Gasteiger partial charge < -0.3 is 20.3 Å². The summed E-state index contributed by atoms with van der Waals surface area (Å²) in [5.74, 6) is 0.837. The predicted octanol–water partition coefficient (Wildman–Crippen LogP) is 2.14. The molecule has 0 radical (unpaired) electrons. The lowest BCUT2D eigenvalue weighted by molar-refractivity contribution is -0.173. The maximum atomic E-state index is 11.9. The van der Waals surface area contributed by atoms with E-state index in [1.165, 1.54) is 0 Å². The summed E-state index contributed by atoms with van der Waals surface area (Å²) in [4.78, 5) is 17.7. The Labute approximate surface area is 164 Å². The molecule has 25 heavy (non-hydrogen) atoms. The number of ether oxygens (including phenoxy) is 1. The highest BCUT2D eigenvalue weighted by Crippen LogP contribution is 2.14. The lowest BCUT2D eigenvalue weighted by Crippen LogP contribution is -2.38. The average molecular weight is 480 g/mol. The number of guanidine groups is 1. The Balaban J connectivity index is 0.00000576. The first kappa shape index (κ1) is 24.2. The highest BCUT2D eigenvalue weighted by atomic mass is 127. The number of nitrogens with one attached hydrogen (secondary N) is 2. The summed E-state index contributed by atoms with van der Waals surface area (Å²) < 4.78 is 40.3. The number of hydrogen-bond donors (Lipinski definition) is 2. The zero-order valence-electron chi connectivity index (χ0n) is 14.5. The number of carbonyl (C=O) groups is 1. The van der Waals surface area contributed by atoms with Gasteiger partial charge in [-0.25, -0.2) is 0 Å². The van der Waals surface area contributed by atoms with E-state index in [0.717, 1.165) is 19.4 Å². The van der Waals surface area contributed by atoms with E-state index in [4.69, 9.17) is 0 Å². The first-order chi connectivity index (χ1) is 11.4. The molecule has 148 valence electrons. The molecule has 1 aliphatic rings. The molecule has 1 heterocycles. The SMILES string of the molecule is CCNC(=NCCCN1CCCC1=O)NCCCOCC(F)(F)F.I. The lowest BCUT2D eigenvalue weighted by Gasteiger charge is -2.15. The van der Waals surface area contributed by atoms with Crippen LogP contribution in [0.4, 0.5) is 13.2 Å². The molecule has 0 spiro atoms. The van der Waals surface area contributed by atoms with E-state index >= 15 is 0 Å². The Hall–Kier alpha value is -0.780. The maximum absolute atomic E-state index is 11.9. The normalized spacial score (nSPS) is 15.3. The van der Waals surface area contributed by atoms with E-state index in [2.05, 4.69) is 20.4 Å². The molecule has 1 saturated heterocycles. The van der Waals surface area contributed by atoms with Crippen LogP contribution in [0.5, 0.6) is 0 Å². The van der Waals surface area contributed by atoms with Crippen LogP contribution in [-0.2, 0) is 9.53 Å². The Morgan fingerprint density at radius 3 is 2.68 bits per heavy atom. The smallest absolute Gasteiger partial charge is 0.372 e. The van der Waals surface area contributed by atoms with E-state index in [-0.39, 0.29) is 36.5 Å². The van der Waals surface area contributed by atoms with E-state index in [0.29, 0.717) is 45.0 Å². The molecule has 6 nitrogen and oxygen atoms in total. The van der Waals surface area contributed by atoms with Gasteiger partial charge in [0, 0.05) is 45.8 Å². The molecule has 1 rings (SSSR count). The summed E-state index contributed by atoms with van der Waals surface area (Å²) in [5, 5.41) is 6.13. The molecule has 0 atom stereocenters. The minimum atomic E-state index is -4.28. The number of aliphatic imine (C=N–C) groups is 1. The summed E-state index contributed by atoms with van der Waals surface area (Å²) in [6, 6.07) is 0. The highest BCUT2D eigenvalue weighted by molar-refractivity contribution is 14.0. The van der Waals surface area contributed by atoms with E-state index < -0.39 is 12.8 Å². The van der Waals surface area contributed by atoms with Crippen LogP contribution in [0, 0.1) is 0 Å². The molecule has 0 saturated carbocycles. The fourth-order valence-corrected chi connectivity index (χ4v) is 2.30. The molecule has 2 N–H and O–H groups in total. The number of alkyl halides is 3. The Morgan fingerprint density at radius 2 is 2.08 bits per heavy atom. The van der Waals surface area contributed by atoms with E-state index in [9.17, 15) is 18.0 Å². The van der Waals surface area contributed by atoms with Crippen molar-refractivity contribution in [3.8, 4) is 0 Å². The Kier molecular flexibility index (Phi) is 13.0. The van der Waals surface area contributed by atoms with Gasteiger partial charge in [0.15, 0.2) is 5.96 Å². The van der Waals surface area contributed by atoms with Gasteiger partial charge in [-0.15, -0.1) is 24.0 Å². The third-order valence-electron chi connectivity index (χ3n) is 3.40. The van der Waals surface area contributed by atoms with Crippen LogP contribution < -0.4 is 10.6 Å². The minimum Gasteiger partial charge on any atom is -0.372 e. The molecule has 1 amide bonds. The third kappa shape index (κ3) is 12.2. The van der Waals surface area contributed by atoms with Crippen molar-refractivity contribution >= 4 is 35.8 Å². The van der Waals surface area contributed by atoms with Gasteiger partial charge in [0.25, 0.3) is 0 Å². The first-order valence-electron chi connectivity index (χ1n) is 8.37. The van der Waals surface area contributed by atoms with Crippen molar-refractivity contribution in [1.82, 2.24) is 15.5 Å². The third-order valence-corrected chi connectivity index (χ3v) is 3.40. The van der Waals surface area contributed by atoms with Gasteiger partial charge in [0.1, 0.15) is 6.61 Å². The quantitative estimate of drug-likeness (QED) is 0.218. The van der Waals surface area contributed by atoms with Crippen LogP contribution in [0.2, 0.25) is 0 Å². The standard InChI is InChI=1S/C15H27F3N4O2.HI/c1-2-19-14(21-8-5-11-24-12-15(16,17)18)20-7-4-10-22-9-3-6-13(22)23;/h2-12H2,1H3,(H2,19,20,21);1H. The highest BCUT2D eigenvalue weighted by Gasteiger charge is 2.27. The second-order valence-electron chi connectivity index (χ2n) is 5.55. The molecule has 0 aliphatic carbocycles. The number of hydrogen-bond acceptors (Lipinski definition) is 3. The number of nitrogens with zero attached hydrogens (tertiary/aromatic N) is 2. The van der Waals surface area contributed by atoms with Gasteiger partial charge in [0.2, 0.25) is 5.91 Å². The van der Waals surface area contributed by atoms with E-state index in [1.54, 1.807) is 0 Å². The summed E-state index contributed by atoms with van der Waals surface area (Å²) in [6.07, 6.45) is -1.45. The van der Waals surface area contributed by atoms with Crippen LogP contribution in [-0.4, -0.2) is 68.9 Å². The molecule has 1 fully saturated rings. The van der Waals surface area contributed by atoms with E-state index in [1.807, 2.05) is 11.8 Å². The molecular formula is C15H28F3IN4O2. The summed E-state index contributed by atoms with van der Waals surface area (Å²) >= 11 is 0. The molecule has 1 aliphatic heterocycles. The predicted molar refractivity (Wildman–Crippen MR) is 101 cm³/mol. The van der Waals surface area contributed by atoms with Crippen LogP contribution in [0.1, 0.15) is 32.6 Å². The number of halogens is 4. The molecule has 0 unspecified atom stereocenters. The first-order valence-corrected chi connectivity index (χ1v) is 8.37. The van der Waals surface area contributed by atoms with Crippen LogP contribution in [0.25, 0.3) is 0 Å². The van der Waals surface area contributed by atoms with Gasteiger partial charge in [-0.3, -0.25) is 9.79 Å². The Bertz CT molecular complexity index is 409. The molecule has 0 aromatic rings. The largest absolute Gasteiger partial charge is 0.411 e. The fourth-order valence-electron chi connectivity index (χ4n) is 2.30. The van der Waals surface area contributed by atoms with Gasteiger partial charge in [-0.05, 0) is 26.2 Å². The van der Waals surface area contributed by atoms with Crippen LogP contribution >= 0.6 is 24.0 Å².